The molecule has 1 saturated carbocycles. The fraction of sp³-hybridized carbons (Fsp3) is 0.591. The molecular weight excluding hydrogens is 436 g/mol. The first kappa shape index (κ1) is 23.4. The second-order valence-corrected chi connectivity index (χ2v) is 11.3. The number of carbonyl (C=O) groups is 1. The third-order valence-corrected chi connectivity index (χ3v) is 7.90. The van der Waals surface area contributed by atoms with Gasteiger partial charge in [0.15, 0.2) is 5.17 Å². The number of thiocarbonyl (C=S) groups is 1. The molecule has 1 heterocycles. The second-order valence-electron chi connectivity index (χ2n) is 8.79. The number of methoxy groups -OCH3 is 1. The van der Waals surface area contributed by atoms with Crippen molar-refractivity contribution in [1.82, 2.24) is 4.90 Å². The van der Waals surface area contributed by atoms with Gasteiger partial charge in [0.25, 0.3) is 0 Å². The number of thioether (sulfide) groups is 2. The normalized spacial score (nSPS) is 19.9. The van der Waals surface area contributed by atoms with Crippen LogP contribution < -0.4 is 4.74 Å². The van der Waals surface area contributed by atoms with Crippen LogP contribution in [0.5, 0.6) is 5.75 Å². The van der Waals surface area contributed by atoms with Crippen molar-refractivity contribution in [2.75, 3.05) is 25.2 Å². The molecular formula is C22H30N2O3S3. The standard InChI is InChI=1S/C22H30N2O3S3/c1-21(2,3)27-18(25)13-29-20(28)24-14-22(11-7-8-12-22)15-30-19(24)23-16-9-5-6-10-17(16)26-4/h5-6,9-10H,7-8,11-15H2,1-4H3. The highest BCUT2D eigenvalue weighted by Gasteiger charge is 2.42. The summed E-state index contributed by atoms with van der Waals surface area (Å²) in [6, 6.07) is 7.74. The van der Waals surface area contributed by atoms with Crippen LogP contribution in [0.3, 0.4) is 0 Å². The van der Waals surface area contributed by atoms with Gasteiger partial charge in [0.05, 0.1) is 12.9 Å². The van der Waals surface area contributed by atoms with Crippen LogP contribution in [0.25, 0.3) is 0 Å². The number of ether oxygens (including phenoxy) is 2. The first-order valence-corrected chi connectivity index (χ1v) is 12.6. The van der Waals surface area contributed by atoms with Crippen LogP contribution in [0.2, 0.25) is 0 Å². The number of rotatable bonds is 4. The van der Waals surface area contributed by atoms with Crippen LogP contribution in [0, 0.1) is 5.41 Å². The van der Waals surface area contributed by atoms with Crippen molar-refractivity contribution in [2.45, 2.75) is 52.1 Å². The van der Waals surface area contributed by atoms with Gasteiger partial charge in [-0.1, -0.05) is 60.7 Å². The minimum absolute atomic E-state index is 0.201. The minimum Gasteiger partial charge on any atom is -0.494 e. The molecule has 1 aliphatic heterocycles. The van der Waals surface area contributed by atoms with E-state index in [1.165, 1.54) is 37.4 Å². The van der Waals surface area contributed by atoms with Crippen molar-refractivity contribution < 1.29 is 14.3 Å². The zero-order valence-electron chi connectivity index (χ0n) is 18.1. The number of hydrogen-bond donors (Lipinski definition) is 0. The number of esters is 1. The van der Waals surface area contributed by atoms with E-state index in [2.05, 4.69) is 4.90 Å². The molecule has 1 aromatic carbocycles. The highest BCUT2D eigenvalue weighted by atomic mass is 32.2. The fourth-order valence-electron chi connectivity index (χ4n) is 3.80. The monoisotopic (exact) mass is 466 g/mol. The quantitative estimate of drug-likeness (QED) is 0.420. The molecule has 0 amide bonds. The number of amidine groups is 1. The molecule has 1 aromatic rings. The van der Waals surface area contributed by atoms with Gasteiger partial charge in [0.1, 0.15) is 21.4 Å². The van der Waals surface area contributed by atoms with E-state index >= 15 is 0 Å². The van der Waals surface area contributed by atoms with E-state index in [0.29, 0.717) is 4.32 Å². The van der Waals surface area contributed by atoms with E-state index < -0.39 is 5.60 Å². The van der Waals surface area contributed by atoms with Crippen molar-refractivity contribution in [2.24, 2.45) is 10.4 Å². The van der Waals surface area contributed by atoms with Crippen molar-refractivity contribution in [3.63, 3.8) is 0 Å². The Labute approximate surface area is 193 Å². The number of benzene rings is 1. The van der Waals surface area contributed by atoms with Crippen molar-refractivity contribution in [3.8, 4) is 5.75 Å². The number of hydrogen-bond acceptors (Lipinski definition) is 7. The van der Waals surface area contributed by atoms with Gasteiger partial charge < -0.3 is 14.4 Å². The van der Waals surface area contributed by atoms with Crippen molar-refractivity contribution in [3.05, 3.63) is 24.3 Å². The number of nitrogens with zero attached hydrogens (tertiary/aromatic N) is 2. The first-order chi connectivity index (χ1) is 14.2. The molecule has 8 heteroatoms. The zero-order valence-corrected chi connectivity index (χ0v) is 20.6. The third-order valence-electron chi connectivity index (χ3n) is 5.15. The minimum atomic E-state index is -0.495. The summed E-state index contributed by atoms with van der Waals surface area (Å²) in [7, 11) is 1.65. The Morgan fingerprint density at radius 1 is 1.30 bits per heavy atom. The number of aliphatic imine (C=N–C) groups is 1. The van der Waals surface area contributed by atoms with Gasteiger partial charge in [0.2, 0.25) is 0 Å². The van der Waals surface area contributed by atoms with Crippen LogP contribution >= 0.6 is 35.7 Å². The van der Waals surface area contributed by atoms with Crippen LogP contribution in [-0.4, -0.2) is 51.1 Å². The summed E-state index contributed by atoms with van der Waals surface area (Å²) in [4.78, 5) is 19.2. The van der Waals surface area contributed by atoms with Gasteiger partial charge in [0, 0.05) is 12.3 Å². The van der Waals surface area contributed by atoms with Crippen molar-refractivity contribution in [1.29, 1.82) is 0 Å². The van der Waals surface area contributed by atoms with Crippen molar-refractivity contribution >= 4 is 56.9 Å². The summed E-state index contributed by atoms with van der Waals surface area (Å²) < 4.78 is 11.6. The summed E-state index contributed by atoms with van der Waals surface area (Å²) in [5.74, 6) is 1.74. The predicted molar refractivity (Wildman–Crippen MR) is 131 cm³/mol. The smallest absolute Gasteiger partial charge is 0.316 e. The number of para-hydroxylation sites is 2. The summed E-state index contributed by atoms with van der Waals surface area (Å²) in [6.45, 7) is 6.47. The Hall–Kier alpha value is -1.25. The van der Waals surface area contributed by atoms with E-state index in [1.54, 1.807) is 18.9 Å². The summed E-state index contributed by atoms with van der Waals surface area (Å²) in [5, 5.41) is 0.874. The van der Waals surface area contributed by atoms with Crippen LogP contribution in [0.15, 0.2) is 29.3 Å². The predicted octanol–water partition coefficient (Wildman–Crippen LogP) is 5.65. The molecule has 5 nitrogen and oxygen atoms in total. The van der Waals surface area contributed by atoms with Gasteiger partial charge in [-0.25, -0.2) is 4.99 Å². The van der Waals surface area contributed by atoms with Gasteiger partial charge in [-0.3, -0.25) is 4.79 Å². The molecule has 1 aliphatic carbocycles. The van der Waals surface area contributed by atoms with Crippen LogP contribution in [-0.2, 0) is 9.53 Å². The molecule has 2 fully saturated rings. The zero-order chi connectivity index (χ0) is 21.8. The summed E-state index contributed by atoms with van der Waals surface area (Å²) >= 11 is 8.88. The SMILES string of the molecule is COc1ccccc1N=C1SCC2(CCCC2)CN1C(=S)SCC(=O)OC(C)(C)C. The van der Waals surface area contributed by atoms with Gasteiger partial charge in [-0.15, -0.1) is 0 Å². The Morgan fingerprint density at radius 2 is 2.00 bits per heavy atom. The lowest BCUT2D eigenvalue weighted by molar-refractivity contribution is -0.151. The maximum Gasteiger partial charge on any atom is 0.316 e. The molecule has 0 unspecified atom stereocenters. The average molecular weight is 467 g/mol. The van der Waals surface area contributed by atoms with E-state index in [9.17, 15) is 4.79 Å². The van der Waals surface area contributed by atoms with Crippen LogP contribution in [0.1, 0.15) is 46.5 Å². The van der Waals surface area contributed by atoms with Gasteiger partial charge in [-0.2, -0.15) is 0 Å². The summed E-state index contributed by atoms with van der Waals surface area (Å²) in [6.07, 6.45) is 4.98. The molecule has 1 saturated heterocycles. The van der Waals surface area contributed by atoms with E-state index in [1.807, 2.05) is 45.0 Å². The van der Waals surface area contributed by atoms with E-state index in [0.717, 1.165) is 28.9 Å². The molecule has 30 heavy (non-hydrogen) atoms. The topological polar surface area (TPSA) is 51.1 Å². The Balaban J connectivity index is 1.78. The van der Waals surface area contributed by atoms with E-state index in [4.69, 9.17) is 26.7 Å². The molecule has 3 rings (SSSR count). The second kappa shape index (κ2) is 9.92. The van der Waals surface area contributed by atoms with Gasteiger partial charge in [-0.05, 0) is 51.2 Å². The third kappa shape index (κ3) is 6.14. The van der Waals surface area contributed by atoms with E-state index in [-0.39, 0.29) is 17.1 Å². The summed E-state index contributed by atoms with van der Waals surface area (Å²) in [5.41, 5.74) is 0.570. The maximum atomic E-state index is 12.2. The maximum absolute atomic E-state index is 12.2. The molecule has 0 atom stereocenters. The lowest BCUT2D eigenvalue weighted by Crippen LogP contribution is -2.47. The average Bonchev–Trinajstić information content (AvgIpc) is 3.14. The molecule has 0 bridgehead atoms. The Morgan fingerprint density at radius 3 is 2.67 bits per heavy atom. The highest BCUT2D eigenvalue weighted by Crippen LogP contribution is 2.46. The molecule has 0 aromatic heterocycles. The van der Waals surface area contributed by atoms with Crippen LogP contribution in [0.4, 0.5) is 5.69 Å². The highest BCUT2D eigenvalue weighted by molar-refractivity contribution is 8.23. The number of carbonyl (C=O) groups excluding carboxylic acids is 1. The Bertz CT molecular complexity index is 814. The Kier molecular flexibility index (Phi) is 7.74. The lowest BCUT2D eigenvalue weighted by atomic mass is 9.88. The molecule has 2 aliphatic rings. The molecule has 0 N–H and O–H groups in total. The lowest BCUT2D eigenvalue weighted by Gasteiger charge is -2.41. The first-order valence-electron chi connectivity index (χ1n) is 10.2. The molecule has 0 radical (unpaired) electrons. The largest absolute Gasteiger partial charge is 0.494 e. The fourth-order valence-corrected chi connectivity index (χ4v) is 6.14. The van der Waals surface area contributed by atoms with Gasteiger partial charge >= 0.3 is 5.97 Å². The molecule has 1 spiro atoms. The molecule has 164 valence electrons.